The third-order valence-electron chi connectivity index (χ3n) is 2.71. The molecule has 0 aliphatic heterocycles. The molecule has 6 heteroatoms. The van der Waals surface area contributed by atoms with Gasteiger partial charge in [0.25, 0.3) is 5.56 Å². The van der Waals surface area contributed by atoms with Crippen LogP contribution in [0.3, 0.4) is 0 Å². The number of aromatic amines is 1. The lowest BCUT2D eigenvalue weighted by molar-refractivity contribution is 1.11. The summed E-state index contributed by atoms with van der Waals surface area (Å²) in [4.78, 5) is 29.1. The monoisotopic (exact) mass is 265 g/mol. The van der Waals surface area contributed by atoms with Gasteiger partial charge in [0, 0.05) is 33.9 Å². The van der Waals surface area contributed by atoms with Crippen molar-refractivity contribution < 1.29 is 0 Å². The Kier molecular flexibility index (Phi) is 3.13. The molecule has 0 aliphatic carbocycles. The second-order valence-corrected chi connectivity index (χ2v) is 5.46. The predicted molar refractivity (Wildman–Crippen MR) is 77.4 cm³/mol. The standard InChI is InChI=1S/C12H15N3O2S/c1-14(2)7-5-8-10(9(6-7)15(3)4)18-12(17)13-11(8)16/h5-6H,1-4H3,(H,13,16,17). The van der Waals surface area contributed by atoms with E-state index < -0.39 is 0 Å². The van der Waals surface area contributed by atoms with E-state index >= 15 is 0 Å². The van der Waals surface area contributed by atoms with Gasteiger partial charge in [-0.3, -0.25) is 14.6 Å². The highest BCUT2D eigenvalue weighted by atomic mass is 32.1. The molecule has 2 rings (SSSR count). The molecule has 0 fully saturated rings. The molecule has 0 amide bonds. The quantitative estimate of drug-likeness (QED) is 0.883. The van der Waals surface area contributed by atoms with E-state index in [0.29, 0.717) is 5.39 Å². The van der Waals surface area contributed by atoms with Crippen molar-refractivity contribution in [3.05, 3.63) is 32.2 Å². The van der Waals surface area contributed by atoms with Crippen LogP contribution in [0.5, 0.6) is 0 Å². The van der Waals surface area contributed by atoms with Crippen LogP contribution in [0.2, 0.25) is 0 Å². The number of nitrogens with one attached hydrogen (secondary N) is 1. The van der Waals surface area contributed by atoms with E-state index in [2.05, 4.69) is 4.98 Å². The Balaban J connectivity index is 2.94. The fraction of sp³-hybridized carbons (Fsp3) is 0.333. The second kappa shape index (κ2) is 4.45. The normalized spacial score (nSPS) is 10.7. The number of H-pyrrole nitrogens is 1. The molecule has 0 unspecified atom stereocenters. The van der Waals surface area contributed by atoms with E-state index in [4.69, 9.17) is 0 Å². The first-order chi connectivity index (χ1) is 8.40. The zero-order valence-corrected chi connectivity index (χ0v) is 11.6. The molecule has 1 heterocycles. The second-order valence-electron chi connectivity index (χ2n) is 4.47. The van der Waals surface area contributed by atoms with Gasteiger partial charge in [-0.15, -0.1) is 0 Å². The molecule has 0 aliphatic rings. The molecule has 1 N–H and O–H groups in total. The van der Waals surface area contributed by atoms with Gasteiger partial charge in [0.05, 0.1) is 15.8 Å². The minimum Gasteiger partial charge on any atom is -0.378 e. The molecule has 0 spiro atoms. The number of nitrogens with zero attached hydrogens (tertiary/aromatic N) is 2. The molecule has 0 atom stereocenters. The van der Waals surface area contributed by atoms with E-state index in [9.17, 15) is 9.59 Å². The van der Waals surface area contributed by atoms with Crippen LogP contribution in [0.25, 0.3) is 10.1 Å². The van der Waals surface area contributed by atoms with Crippen LogP contribution >= 0.6 is 11.3 Å². The highest BCUT2D eigenvalue weighted by molar-refractivity contribution is 7.16. The van der Waals surface area contributed by atoms with Gasteiger partial charge < -0.3 is 9.80 Å². The van der Waals surface area contributed by atoms with Gasteiger partial charge in [-0.1, -0.05) is 11.3 Å². The molecule has 0 saturated heterocycles. The SMILES string of the molecule is CN(C)c1cc(N(C)C)c2sc(=O)[nH]c(=O)c2c1. The number of hydrogen-bond donors (Lipinski definition) is 1. The zero-order valence-electron chi connectivity index (χ0n) is 10.8. The van der Waals surface area contributed by atoms with E-state index in [1.807, 2.05) is 44.1 Å². The number of rotatable bonds is 2. The lowest BCUT2D eigenvalue weighted by atomic mass is 10.2. The van der Waals surface area contributed by atoms with Crippen LogP contribution in [-0.4, -0.2) is 33.2 Å². The van der Waals surface area contributed by atoms with Gasteiger partial charge in [0.15, 0.2) is 0 Å². The average molecular weight is 265 g/mol. The first-order valence-corrected chi connectivity index (χ1v) is 6.27. The van der Waals surface area contributed by atoms with Crippen molar-refractivity contribution in [1.82, 2.24) is 4.98 Å². The molecular weight excluding hydrogens is 250 g/mol. The summed E-state index contributed by atoms with van der Waals surface area (Å²) >= 11 is 1.06. The molecule has 2 aromatic rings. The van der Waals surface area contributed by atoms with E-state index in [0.717, 1.165) is 27.4 Å². The van der Waals surface area contributed by atoms with Crippen molar-refractivity contribution >= 4 is 32.8 Å². The number of aromatic nitrogens is 1. The summed E-state index contributed by atoms with van der Waals surface area (Å²) in [5, 5.41) is 0.550. The van der Waals surface area contributed by atoms with Crippen molar-refractivity contribution in [2.75, 3.05) is 38.0 Å². The Hall–Kier alpha value is -1.82. The van der Waals surface area contributed by atoms with Gasteiger partial charge in [-0.2, -0.15) is 0 Å². The number of fused-ring (bicyclic) bond motifs is 1. The summed E-state index contributed by atoms with van der Waals surface area (Å²) in [6, 6.07) is 3.77. The summed E-state index contributed by atoms with van der Waals surface area (Å²) in [6.07, 6.45) is 0. The lowest BCUT2D eigenvalue weighted by Crippen LogP contribution is -2.19. The molecule has 5 nitrogen and oxygen atoms in total. The van der Waals surface area contributed by atoms with Gasteiger partial charge in [-0.25, -0.2) is 0 Å². The predicted octanol–water partition coefficient (Wildman–Crippen LogP) is 1.08. The Bertz CT molecular complexity index is 701. The van der Waals surface area contributed by atoms with Crippen LogP contribution in [0.1, 0.15) is 0 Å². The molecule has 0 radical (unpaired) electrons. The molecular formula is C12H15N3O2S. The first kappa shape index (κ1) is 12.6. The smallest absolute Gasteiger partial charge is 0.307 e. The largest absolute Gasteiger partial charge is 0.378 e. The Morgan fingerprint density at radius 2 is 1.72 bits per heavy atom. The molecule has 96 valence electrons. The van der Waals surface area contributed by atoms with Crippen molar-refractivity contribution in [2.45, 2.75) is 0 Å². The van der Waals surface area contributed by atoms with Crippen molar-refractivity contribution in [3.63, 3.8) is 0 Å². The summed E-state index contributed by atoms with van der Waals surface area (Å²) in [5.41, 5.74) is 1.48. The third kappa shape index (κ3) is 2.11. The fourth-order valence-electron chi connectivity index (χ4n) is 1.74. The van der Waals surface area contributed by atoms with Crippen molar-refractivity contribution in [3.8, 4) is 0 Å². The summed E-state index contributed by atoms with van der Waals surface area (Å²) in [5.74, 6) is 0. The lowest BCUT2D eigenvalue weighted by Gasteiger charge is -2.19. The topological polar surface area (TPSA) is 56.4 Å². The van der Waals surface area contributed by atoms with Crippen LogP contribution in [-0.2, 0) is 0 Å². The maximum Gasteiger partial charge on any atom is 0.307 e. The third-order valence-corrected chi connectivity index (χ3v) is 3.63. The van der Waals surface area contributed by atoms with Gasteiger partial charge >= 0.3 is 4.87 Å². The Morgan fingerprint density at radius 1 is 1.06 bits per heavy atom. The van der Waals surface area contributed by atoms with E-state index in [-0.39, 0.29) is 10.4 Å². The first-order valence-electron chi connectivity index (χ1n) is 5.46. The number of anilines is 2. The minimum atomic E-state index is -0.333. The van der Waals surface area contributed by atoms with Gasteiger partial charge in [-0.05, 0) is 12.1 Å². The van der Waals surface area contributed by atoms with Gasteiger partial charge in [0.1, 0.15) is 0 Å². The van der Waals surface area contributed by atoms with Gasteiger partial charge in [0.2, 0.25) is 0 Å². The minimum absolute atomic E-state index is 0.326. The maximum absolute atomic E-state index is 11.9. The Labute approximate surface area is 108 Å². The highest BCUT2D eigenvalue weighted by Crippen LogP contribution is 2.30. The summed E-state index contributed by atoms with van der Waals surface area (Å²) < 4.78 is 0.722. The molecule has 0 bridgehead atoms. The molecule has 18 heavy (non-hydrogen) atoms. The summed E-state index contributed by atoms with van der Waals surface area (Å²) in [6.45, 7) is 0. The Morgan fingerprint density at radius 3 is 2.28 bits per heavy atom. The maximum atomic E-state index is 11.9. The fourth-order valence-corrected chi connectivity index (χ4v) is 2.68. The zero-order chi connectivity index (χ0) is 13.4. The molecule has 1 aromatic carbocycles. The van der Waals surface area contributed by atoms with E-state index in [1.54, 1.807) is 6.07 Å². The van der Waals surface area contributed by atoms with Crippen LogP contribution in [0.4, 0.5) is 11.4 Å². The van der Waals surface area contributed by atoms with Crippen molar-refractivity contribution in [2.24, 2.45) is 0 Å². The van der Waals surface area contributed by atoms with Crippen LogP contribution in [0.15, 0.2) is 21.7 Å². The summed E-state index contributed by atoms with van der Waals surface area (Å²) in [7, 11) is 7.62. The molecule has 0 saturated carbocycles. The van der Waals surface area contributed by atoms with Crippen molar-refractivity contribution in [1.29, 1.82) is 0 Å². The van der Waals surface area contributed by atoms with Crippen LogP contribution in [0, 0.1) is 0 Å². The number of hydrogen-bond acceptors (Lipinski definition) is 5. The van der Waals surface area contributed by atoms with Crippen LogP contribution < -0.4 is 20.2 Å². The average Bonchev–Trinajstić information content (AvgIpc) is 2.27. The number of benzene rings is 1. The van der Waals surface area contributed by atoms with E-state index in [1.165, 1.54) is 0 Å². The molecule has 1 aromatic heterocycles. The highest BCUT2D eigenvalue weighted by Gasteiger charge is 2.11.